The van der Waals surface area contributed by atoms with Gasteiger partial charge in [0, 0.05) is 18.5 Å². The van der Waals surface area contributed by atoms with Crippen molar-refractivity contribution >= 4 is 39.3 Å². The van der Waals surface area contributed by atoms with E-state index in [9.17, 15) is 18.0 Å². The van der Waals surface area contributed by atoms with Crippen molar-refractivity contribution in [2.24, 2.45) is 0 Å². The number of aryl methyl sites for hydroxylation is 1. The van der Waals surface area contributed by atoms with Gasteiger partial charge in [-0.15, -0.1) is 11.8 Å². The van der Waals surface area contributed by atoms with Crippen molar-refractivity contribution in [1.82, 2.24) is 10.2 Å². The van der Waals surface area contributed by atoms with E-state index in [2.05, 4.69) is 5.32 Å². The summed E-state index contributed by atoms with van der Waals surface area (Å²) < 4.78 is 34.1. The van der Waals surface area contributed by atoms with Crippen LogP contribution >= 0.6 is 11.8 Å². The molecule has 8 nitrogen and oxygen atoms in total. The number of benzene rings is 3. The van der Waals surface area contributed by atoms with Crippen LogP contribution < -0.4 is 14.4 Å². The molecule has 0 saturated heterocycles. The Kier molecular flexibility index (Phi) is 9.82. The molecule has 0 fully saturated rings. The number of hydrogen-bond donors (Lipinski definition) is 1. The van der Waals surface area contributed by atoms with Crippen LogP contribution in [0.3, 0.4) is 0 Å². The zero-order valence-corrected chi connectivity index (χ0v) is 23.8. The first-order valence-corrected chi connectivity index (χ1v) is 14.6. The first-order valence-electron chi connectivity index (χ1n) is 12.0. The van der Waals surface area contributed by atoms with Crippen molar-refractivity contribution in [1.29, 1.82) is 0 Å². The van der Waals surface area contributed by atoms with Gasteiger partial charge in [0.25, 0.3) is 10.0 Å². The number of thioether (sulfide) groups is 1. The highest BCUT2D eigenvalue weighted by Gasteiger charge is 2.32. The molecule has 10 heteroatoms. The number of nitrogens with one attached hydrogen (secondary N) is 1. The van der Waals surface area contributed by atoms with E-state index in [4.69, 9.17) is 4.74 Å². The molecule has 0 heterocycles. The minimum absolute atomic E-state index is 0.0716. The predicted molar refractivity (Wildman–Crippen MR) is 151 cm³/mol. The van der Waals surface area contributed by atoms with Crippen LogP contribution in [0, 0.1) is 6.92 Å². The minimum atomic E-state index is -4.10. The molecule has 0 aliphatic rings. The van der Waals surface area contributed by atoms with Crippen molar-refractivity contribution in [3.63, 3.8) is 0 Å². The Labute approximate surface area is 229 Å². The smallest absolute Gasteiger partial charge is 0.264 e. The van der Waals surface area contributed by atoms with Crippen molar-refractivity contribution < 1.29 is 22.7 Å². The zero-order valence-electron chi connectivity index (χ0n) is 22.2. The second-order valence-corrected chi connectivity index (χ2v) is 11.4. The number of ether oxygens (including phenoxy) is 1. The molecule has 0 spiro atoms. The molecule has 1 atom stereocenters. The standard InChI is InChI=1S/C28H33N3O5S2/c1-20-9-11-23(12-10-20)31(38(34,35)26-15-13-25(37-5)14-16-26)19-27(32)30(21(2)28(33)29-3)18-22-7-6-8-24(17-22)36-4/h6-17,21H,18-19H2,1-5H3,(H,29,33)/t21-/m0/s1. The van der Waals surface area contributed by atoms with Crippen LogP contribution in [-0.4, -0.2) is 58.1 Å². The Morgan fingerprint density at radius 2 is 1.68 bits per heavy atom. The fourth-order valence-corrected chi connectivity index (χ4v) is 5.70. The van der Waals surface area contributed by atoms with Crippen molar-refractivity contribution in [3.05, 3.63) is 83.9 Å². The number of carbonyl (C=O) groups excluding carboxylic acids is 2. The van der Waals surface area contributed by atoms with Crippen LogP contribution in [0.4, 0.5) is 5.69 Å². The number of rotatable bonds is 11. The SMILES string of the molecule is CNC(=O)[C@H](C)N(Cc1cccc(OC)c1)C(=O)CN(c1ccc(C)cc1)S(=O)(=O)c1ccc(SC)cc1. The maximum absolute atomic E-state index is 13.8. The van der Waals surface area contributed by atoms with E-state index < -0.39 is 28.5 Å². The topological polar surface area (TPSA) is 96.0 Å². The lowest BCUT2D eigenvalue weighted by atomic mass is 10.1. The highest BCUT2D eigenvalue weighted by Crippen LogP contribution is 2.26. The fourth-order valence-electron chi connectivity index (χ4n) is 3.87. The summed E-state index contributed by atoms with van der Waals surface area (Å²) in [4.78, 5) is 28.7. The molecule has 0 aliphatic heterocycles. The summed E-state index contributed by atoms with van der Waals surface area (Å²) >= 11 is 1.50. The molecule has 3 aromatic rings. The molecule has 0 bridgehead atoms. The van der Waals surface area contributed by atoms with E-state index in [0.717, 1.165) is 20.3 Å². The molecule has 3 aromatic carbocycles. The van der Waals surface area contributed by atoms with E-state index in [-0.39, 0.29) is 17.3 Å². The highest BCUT2D eigenvalue weighted by molar-refractivity contribution is 7.98. The largest absolute Gasteiger partial charge is 0.497 e. The maximum atomic E-state index is 13.8. The van der Waals surface area contributed by atoms with Crippen LogP contribution in [0.1, 0.15) is 18.1 Å². The molecule has 3 rings (SSSR count). The molecule has 0 aliphatic carbocycles. The maximum Gasteiger partial charge on any atom is 0.264 e. The number of methoxy groups -OCH3 is 1. The number of amides is 2. The van der Waals surface area contributed by atoms with Crippen LogP contribution in [0.5, 0.6) is 5.75 Å². The molecular weight excluding hydrogens is 522 g/mol. The van der Waals surface area contributed by atoms with Gasteiger partial charge in [0.05, 0.1) is 17.7 Å². The van der Waals surface area contributed by atoms with E-state index in [1.165, 1.54) is 35.8 Å². The van der Waals surface area contributed by atoms with Gasteiger partial charge in [-0.2, -0.15) is 0 Å². The summed E-state index contributed by atoms with van der Waals surface area (Å²) in [6.45, 7) is 3.12. The highest BCUT2D eigenvalue weighted by atomic mass is 32.2. The number of nitrogens with zero attached hydrogens (tertiary/aromatic N) is 2. The number of carbonyl (C=O) groups is 2. The number of sulfonamides is 1. The van der Waals surface area contributed by atoms with Crippen molar-refractivity contribution in [3.8, 4) is 5.75 Å². The van der Waals surface area contributed by atoms with Crippen molar-refractivity contribution in [2.45, 2.75) is 36.2 Å². The van der Waals surface area contributed by atoms with Crippen LogP contribution in [-0.2, 0) is 26.2 Å². The van der Waals surface area contributed by atoms with Gasteiger partial charge >= 0.3 is 0 Å². The second-order valence-electron chi connectivity index (χ2n) is 8.69. The summed E-state index contributed by atoms with van der Waals surface area (Å²) in [6.07, 6.45) is 1.91. The van der Waals surface area contributed by atoms with Gasteiger partial charge in [-0.1, -0.05) is 29.8 Å². The third-order valence-corrected chi connectivity index (χ3v) is 8.68. The Morgan fingerprint density at radius 3 is 2.26 bits per heavy atom. The van der Waals surface area contributed by atoms with Gasteiger partial charge in [0.15, 0.2) is 0 Å². The third kappa shape index (κ3) is 6.87. The summed E-state index contributed by atoms with van der Waals surface area (Å²) in [6, 6.07) is 19.8. The van der Waals surface area contributed by atoms with Crippen LogP contribution in [0.2, 0.25) is 0 Å². The normalized spacial score (nSPS) is 11.9. The number of anilines is 1. The molecule has 38 heavy (non-hydrogen) atoms. The molecule has 202 valence electrons. The molecule has 2 amide bonds. The first-order chi connectivity index (χ1) is 18.1. The monoisotopic (exact) mass is 555 g/mol. The summed E-state index contributed by atoms with van der Waals surface area (Å²) in [5.41, 5.74) is 2.05. The quantitative estimate of drug-likeness (QED) is 0.358. The van der Waals surface area contributed by atoms with Gasteiger partial charge in [-0.25, -0.2) is 8.42 Å². The molecular formula is C28H33N3O5S2. The fraction of sp³-hybridized carbons (Fsp3) is 0.286. The second kappa shape index (κ2) is 12.8. The van der Waals surface area contributed by atoms with Gasteiger partial charge in [0.1, 0.15) is 18.3 Å². The Balaban J connectivity index is 2.02. The van der Waals surface area contributed by atoms with Crippen LogP contribution in [0.15, 0.2) is 82.6 Å². The number of likely N-dealkylation sites (N-methyl/N-ethyl adjacent to an activating group) is 1. The van der Waals surface area contributed by atoms with Crippen LogP contribution in [0.25, 0.3) is 0 Å². The number of hydrogen-bond acceptors (Lipinski definition) is 6. The Hall–Kier alpha value is -3.50. The average Bonchev–Trinajstić information content (AvgIpc) is 2.94. The Bertz CT molecular complexity index is 1360. The predicted octanol–water partition coefficient (Wildman–Crippen LogP) is 4.08. The first kappa shape index (κ1) is 29.1. The average molecular weight is 556 g/mol. The van der Waals surface area contributed by atoms with Gasteiger partial charge in [0.2, 0.25) is 11.8 Å². The molecule has 0 unspecified atom stereocenters. The van der Waals surface area contributed by atoms with E-state index in [1.54, 1.807) is 68.6 Å². The van der Waals surface area contributed by atoms with Gasteiger partial charge in [-0.3, -0.25) is 13.9 Å². The van der Waals surface area contributed by atoms with E-state index >= 15 is 0 Å². The molecule has 1 N–H and O–H groups in total. The van der Waals surface area contributed by atoms with Gasteiger partial charge < -0.3 is 15.0 Å². The van der Waals surface area contributed by atoms with Crippen molar-refractivity contribution in [2.75, 3.05) is 31.3 Å². The lowest BCUT2D eigenvalue weighted by molar-refractivity contribution is -0.139. The summed E-state index contributed by atoms with van der Waals surface area (Å²) in [7, 11) is -1.06. The minimum Gasteiger partial charge on any atom is -0.497 e. The lowest BCUT2D eigenvalue weighted by Gasteiger charge is -2.32. The molecule has 0 aromatic heterocycles. The van der Waals surface area contributed by atoms with E-state index in [0.29, 0.717) is 11.4 Å². The molecule has 0 saturated carbocycles. The van der Waals surface area contributed by atoms with Gasteiger partial charge in [-0.05, 0) is 74.2 Å². The molecule has 0 radical (unpaired) electrons. The summed E-state index contributed by atoms with van der Waals surface area (Å²) in [5, 5.41) is 2.58. The van der Waals surface area contributed by atoms with E-state index in [1.807, 2.05) is 19.2 Å². The summed E-state index contributed by atoms with van der Waals surface area (Å²) in [5.74, 6) is -0.271. The third-order valence-electron chi connectivity index (χ3n) is 6.15. The Morgan fingerprint density at radius 1 is 1.03 bits per heavy atom. The lowest BCUT2D eigenvalue weighted by Crippen LogP contribution is -2.50. The zero-order chi connectivity index (χ0) is 27.9.